The molecule has 0 radical (unpaired) electrons. The SMILES string of the molecule is O=C(c1nc2ccccc2[nH]1)C1CC(Oc2ncc(F)cc2C2CCOCC2)C1.[HH]. The fraction of sp³-hybridized carbons (Fsp3) is 0.409. The third kappa shape index (κ3) is 3.62. The Morgan fingerprint density at radius 2 is 2.03 bits per heavy atom. The number of aromatic nitrogens is 3. The van der Waals surface area contributed by atoms with Gasteiger partial charge in [-0.1, -0.05) is 12.1 Å². The summed E-state index contributed by atoms with van der Waals surface area (Å²) in [5, 5.41) is 0. The van der Waals surface area contributed by atoms with Crippen LogP contribution in [0, 0.1) is 11.7 Å². The Bertz CT molecular complexity index is 1010. The van der Waals surface area contributed by atoms with Gasteiger partial charge in [0.1, 0.15) is 11.9 Å². The van der Waals surface area contributed by atoms with E-state index in [0.29, 0.717) is 37.8 Å². The number of carbonyl (C=O) groups is 1. The number of para-hydroxylation sites is 2. The molecule has 5 rings (SSSR count). The lowest BCUT2D eigenvalue weighted by molar-refractivity contribution is 0.0448. The minimum absolute atomic E-state index is 0. The number of ether oxygens (including phenoxy) is 2. The van der Waals surface area contributed by atoms with Gasteiger partial charge >= 0.3 is 0 Å². The van der Waals surface area contributed by atoms with Crippen LogP contribution in [-0.4, -0.2) is 40.1 Å². The van der Waals surface area contributed by atoms with Crippen LogP contribution in [0.2, 0.25) is 0 Å². The number of hydrogen-bond donors (Lipinski definition) is 1. The summed E-state index contributed by atoms with van der Waals surface area (Å²) in [5.41, 5.74) is 2.46. The first-order chi connectivity index (χ1) is 14.2. The molecule has 1 aromatic carbocycles. The number of benzene rings is 1. The minimum Gasteiger partial charge on any atom is -0.474 e. The number of rotatable bonds is 5. The first-order valence-corrected chi connectivity index (χ1v) is 10.1. The van der Waals surface area contributed by atoms with E-state index in [1.165, 1.54) is 12.3 Å². The summed E-state index contributed by atoms with van der Waals surface area (Å²) >= 11 is 0. The van der Waals surface area contributed by atoms with Crippen LogP contribution in [0.4, 0.5) is 4.39 Å². The second kappa shape index (κ2) is 7.55. The molecule has 0 bridgehead atoms. The Morgan fingerprint density at radius 3 is 2.83 bits per heavy atom. The number of ketones is 1. The normalized spacial score (nSPS) is 22.4. The van der Waals surface area contributed by atoms with Crippen molar-refractivity contribution >= 4 is 16.8 Å². The van der Waals surface area contributed by atoms with E-state index in [2.05, 4.69) is 15.0 Å². The van der Waals surface area contributed by atoms with Gasteiger partial charge in [-0.05, 0) is 49.8 Å². The molecule has 0 atom stereocenters. The number of hydrogen-bond acceptors (Lipinski definition) is 5. The summed E-state index contributed by atoms with van der Waals surface area (Å²) in [5.74, 6) is 0.612. The van der Waals surface area contributed by atoms with Crippen LogP contribution in [-0.2, 0) is 4.74 Å². The third-order valence-electron chi connectivity index (χ3n) is 5.87. The molecule has 3 heterocycles. The summed E-state index contributed by atoms with van der Waals surface area (Å²) in [6.07, 6.45) is 3.99. The zero-order valence-corrected chi connectivity index (χ0v) is 15.9. The highest BCUT2D eigenvalue weighted by Crippen LogP contribution is 2.37. The molecule has 1 saturated carbocycles. The first kappa shape index (κ1) is 18.2. The molecule has 29 heavy (non-hydrogen) atoms. The van der Waals surface area contributed by atoms with E-state index in [4.69, 9.17) is 9.47 Å². The van der Waals surface area contributed by atoms with E-state index < -0.39 is 0 Å². The summed E-state index contributed by atoms with van der Waals surface area (Å²) in [7, 11) is 0. The number of Topliss-reactive ketones (excluding diaryl/α,β-unsaturated/α-hetero) is 1. The summed E-state index contributed by atoms with van der Waals surface area (Å²) in [6, 6.07) is 9.12. The van der Waals surface area contributed by atoms with Crippen molar-refractivity contribution < 1.29 is 20.1 Å². The van der Waals surface area contributed by atoms with Gasteiger partial charge in [0.05, 0.1) is 17.2 Å². The lowest BCUT2D eigenvalue weighted by Gasteiger charge is -2.34. The average molecular weight is 397 g/mol. The smallest absolute Gasteiger partial charge is 0.217 e. The molecule has 0 spiro atoms. The number of pyridine rings is 1. The number of H-pyrrole nitrogens is 1. The van der Waals surface area contributed by atoms with Gasteiger partial charge in [0.25, 0.3) is 0 Å². The molecule has 1 aliphatic carbocycles. The van der Waals surface area contributed by atoms with Crippen LogP contribution in [0.1, 0.15) is 49.2 Å². The first-order valence-electron chi connectivity index (χ1n) is 10.1. The van der Waals surface area contributed by atoms with Crippen LogP contribution < -0.4 is 4.74 Å². The maximum absolute atomic E-state index is 13.8. The van der Waals surface area contributed by atoms with Crippen molar-refractivity contribution in [2.45, 2.75) is 37.7 Å². The Hall–Kier alpha value is -2.80. The summed E-state index contributed by atoms with van der Waals surface area (Å²) < 4.78 is 25.2. The molecular formula is C22H24FN3O3. The van der Waals surface area contributed by atoms with E-state index in [9.17, 15) is 9.18 Å². The summed E-state index contributed by atoms with van der Waals surface area (Å²) in [4.78, 5) is 24.4. The van der Waals surface area contributed by atoms with Crippen LogP contribution >= 0.6 is 0 Å². The van der Waals surface area contributed by atoms with Crippen molar-refractivity contribution in [1.82, 2.24) is 15.0 Å². The van der Waals surface area contributed by atoms with Gasteiger partial charge in [0, 0.05) is 26.1 Å². The van der Waals surface area contributed by atoms with E-state index in [-0.39, 0.29) is 31.0 Å². The lowest BCUT2D eigenvalue weighted by Crippen LogP contribution is -2.39. The Balaban J connectivity index is 0.00000218. The van der Waals surface area contributed by atoms with Crippen molar-refractivity contribution in [3.8, 4) is 5.88 Å². The van der Waals surface area contributed by atoms with Gasteiger partial charge < -0.3 is 14.5 Å². The van der Waals surface area contributed by atoms with Crippen LogP contribution in [0.15, 0.2) is 36.5 Å². The van der Waals surface area contributed by atoms with Gasteiger partial charge in [0.15, 0.2) is 5.82 Å². The Kier molecular flexibility index (Phi) is 4.75. The van der Waals surface area contributed by atoms with Crippen LogP contribution in [0.3, 0.4) is 0 Å². The highest BCUT2D eigenvalue weighted by atomic mass is 19.1. The maximum atomic E-state index is 13.8. The van der Waals surface area contributed by atoms with Gasteiger partial charge in [-0.2, -0.15) is 0 Å². The zero-order chi connectivity index (χ0) is 19.8. The van der Waals surface area contributed by atoms with Gasteiger partial charge in [-0.15, -0.1) is 0 Å². The highest BCUT2D eigenvalue weighted by Gasteiger charge is 2.38. The number of fused-ring (bicyclic) bond motifs is 1. The van der Waals surface area contributed by atoms with Crippen molar-refractivity contribution in [2.75, 3.05) is 13.2 Å². The van der Waals surface area contributed by atoms with Crippen LogP contribution in [0.25, 0.3) is 11.0 Å². The van der Waals surface area contributed by atoms with Crippen molar-refractivity contribution in [3.63, 3.8) is 0 Å². The molecular weight excluding hydrogens is 373 g/mol. The quantitative estimate of drug-likeness (QED) is 0.651. The second-order valence-corrected chi connectivity index (χ2v) is 7.81. The number of imidazole rings is 1. The molecule has 1 N–H and O–H groups in total. The predicted octanol–water partition coefficient (Wildman–Crippen LogP) is 4.28. The molecule has 2 aliphatic rings. The van der Waals surface area contributed by atoms with Gasteiger partial charge in [-0.25, -0.2) is 14.4 Å². The molecule has 1 aliphatic heterocycles. The number of nitrogens with zero attached hydrogens (tertiary/aromatic N) is 2. The molecule has 152 valence electrons. The Labute approximate surface area is 168 Å². The molecule has 3 aromatic rings. The minimum atomic E-state index is -0.356. The van der Waals surface area contributed by atoms with Crippen LogP contribution in [0.5, 0.6) is 5.88 Å². The number of aromatic amines is 1. The number of halogens is 1. The zero-order valence-electron chi connectivity index (χ0n) is 15.9. The van der Waals surface area contributed by atoms with Crippen molar-refractivity contribution in [2.24, 2.45) is 5.92 Å². The highest BCUT2D eigenvalue weighted by molar-refractivity contribution is 5.97. The second-order valence-electron chi connectivity index (χ2n) is 7.81. The number of carbonyl (C=O) groups excluding carboxylic acids is 1. The summed E-state index contributed by atoms with van der Waals surface area (Å²) in [6.45, 7) is 1.33. The van der Waals surface area contributed by atoms with Crippen molar-refractivity contribution in [3.05, 3.63) is 53.7 Å². The number of nitrogens with one attached hydrogen (secondary N) is 1. The average Bonchev–Trinajstić information content (AvgIpc) is 3.16. The predicted molar refractivity (Wildman–Crippen MR) is 107 cm³/mol. The molecule has 2 aromatic heterocycles. The molecule has 2 fully saturated rings. The fourth-order valence-electron chi connectivity index (χ4n) is 4.14. The Morgan fingerprint density at radius 1 is 1.24 bits per heavy atom. The van der Waals surface area contributed by atoms with Gasteiger partial charge in [0.2, 0.25) is 11.7 Å². The topological polar surface area (TPSA) is 77.1 Å². The maximum Gasteiger partial charge on any atom is 0.217 e. The largest absolute Gasteiger partial charge is 0.474 e. The third-order valence-corrected chi connectivity index (χ3v) is 5.87. The van der Waals surface area contributed by atoms with E-state index in [0.717, 1.165) is 29.4 Å². The molecule has 7 heteroatoms. The van der Waals surface area contributed by atoms with Gasteiger partial charge in [-0.3, -0.25) is 4.79 Å². The molecule has 0 amide bonds. The van der Waals surface area contributed by atoms with E-state index >= 15 is 0 Å². The van der Waals surface area contributed by atoms with Crippen molar-refractivity contribution in [1.29, 1.82) is 0 Å². The van der Waals surface area contributed by atoms with E-state index in [1.807, 2.05) is 24.3 Å². The van der Waals surface area contributed by atoms with E-state index in [1.54, 1.807) is 0 Å². The molecule has 0 unspecified atom stereocenters. The molecule has 6 nitrogen and oxygen atoms in total. The fourth-order valence-corrected chi connectivity index (χ4v) is 4.14. The molecule has 1 saturated heterocycles. The monoisotopic (exact) mass is 397 g/mol. The standard InChI is InChI=1S/C22H22FN3O3.H2/c23-15-11-17(13-5-7-28-8-6-13)22(24-12-15)29-16-9-14(10-16)20(27)21-25-18-3-1-2-4-19(18)26-21;/h1-4,11-14,16H,5-10H2,(H,25,26);1H. The lowest BCUT2D eigenvalue weighted by atomic mass is 9.79.